The van der Waals surface area contributed by atoms with Crippen molar-refractivity contribution in [3.05, 3.63) is 29.8 Å². The van der Waals surface area contributed by atoms with Gasteiger partial charge in [0.15, 0.2) is 5.41 Å². The second-order valence-electron chi connectivity index (χ2n) is 4.77. The van der Waals surface area contributed by atoms with Crippen molar-refractivity contribution < 1.29 is 19.1 Å². The van der Waals surface area contributed by atoms with Crippen molar-refractivity contribution in [1.82, 2.24) is 0 Å². The molecule has 1 aromatic rings. The van der Waals surface area contributed by atoms with Crippen molar-refractivity contribution in [2.75, 3.05) is 32.3 Å². The number of amides is 1. The van der Waals surface area contributed by atoms with E-state index in [4.69, 9.17) is 9.47 Å². The van der Waals surface area contributed by atoms with Gasteiger partial charge in [0.2, 0.25) is 5.91 Å². The highest BCUT2D eigenvalue weighted by molar-refractivity contribution is 6.10. The zero-order chi connectivity index (χ0) is 14.0. The third-order valence-electron chi connectivity index (χ3n) is 3.41. The zero-order valence-corrected chi connectivity index (χ0v) is 11.3. The molecule has 1 saturated heterocycles. The second-order valence-corrected chi connectivity index (χ2v) is 4.77. The molecule has 0 spiro atoms. The number of hydrogen-bond acceptors (Lipinski definition) is 4. The van der Waals surface area contributed by atoms with Gasteiger partial charge in [0, 0.05) is 12.7 Å². The van der Waals surface area contributed by atoms with Crippen molar-refractivity contribution in [3.8, 4) is 0 Å². The Morgan fingerprint density at radius 1 is 1.26 bits per heavy atom. The molecule has 0 saturated carbocycles. The number of rotatable bonds is 3. The molecule has 1 fully saturated rings. The predicted molar refractivity (Wildman–Crippen MR) is 69.9 cm³/mol. The molecule has 1 amide bonds. The van der Waals surface area contributed by atoms with Gasteiger partial charge >= 0.3 is 5.97 Å². The maximum Gasteiger partial charge on any atom is 0.326 e. The van der Waals surface area contributed by atoms with Crippen LogP contribution in [0, 0.1) is 12.3 Å². The van der Waals surface area contributed by atoms with Gasteiger partial charge in [0.05, 0.1) is 20.3 Å². The number of methoxy groups -OCH3 is 1. The molecule has 0 unspecified atom stereocenters. The van der Waals surface area contributed by atoms with Gasteiger partial charge < -0.3 is 14.4 Å². The summed E-state index contributed by atoms with van der Waals surface area (Å²) in [5.41, 5.74) is 0.666. The first-order valence-corrected chi connectivity index (χ1v) is 6.02. The molecule has 2 rings (SSSR count). The van der Waals surface area contributed by atoms with Gasteiger partial charge in [-0.05, 0) is 19.1 Å². The number of carbonyl (C=O) groups excluding carboxylic acids is 2. The van der Waals surface area contributed by atoms with Gasteiger partial charge in [-0.2, -0.15) is 0 Å². The summed E-state index contributed by atoms with van der Waals surface area (Å²) < 4.78 is 9.76. The van der Waals surface area contributed by atoms with E-state index in [1.165, 1.54) is 12.0 Å². The molecule has 19 heavy (non-hydrogen) atoms. The van der Waals surface area contributed by atoms with Crippen LogP contribution in [0.25, 0.3) is 0 Å². The third kappa shape index (κ3) is 2.21. The van der Waals surface area contributed by atoms with E-state index in [1.54, 1.807) is 7.05 Å². The van der Waals surface area contributed by atoms with E-state index >= 15 is 0 Å². The monoisotopic (exact) mass is 263 g/mol. The van der Waals surface area contributed by atoms with Crippen molar-refractivity contribution >= 4 is 17.6 Å². The fraction of sp³-hybridized carbons (Fsp3) is 0.429. The van der Waals surface area contributed by atoms with Crippen LogP contribution in [-0.2, 0) is 19.1 Å². The quantitative estimate of drug-likeness (QED) is 0.606. The van der Waals surface area contributed by atoms with Crippen molar-refractivity contribution in [3.63, 3.8) is 0 Å². The molecule has 0 atom stereocenters. The Morgan fingerprint density at radius 3 is 2.26 bits per heavy atom. The lowest BCUT2D eigenvalue weighted by atomic mass is 9.84. The molecule has 0 bridgehead atoms. The van der Waals surface area contributed by atoms with Gasteiger partial charge in [-0.15, -0.1) is 0 Å². The van der Waals surface area contributed by atoms with Gasteiger partial charge in [-0.25, -0.2) is 0 Å². The molecule has 0 N–H and O–H groups in total. The molecule has 0 aromatic heterocycles. The van der Waals surface area contributed by atoms with E-state index in [0.717, 1.165) is 11.3 Å². The highest BCUT2D eigenvalue weighted by atomic mass is 16.5. The molecular weight excluding hydrogens is 246 g/mol. The minimum Gasteiger partial charge on any atom is -0.468 e. The number of carbonyl (C=O) groups is 2. The van der Waals surface area contributed by atoms with Crippen molar-refractivity contribution in [1.29, 1.82) is 0 Å². The highest BCUT2D eigenvalue weighted by Gasteiger charge is 2.55. The van der Waals surface area contributed by atoms with Crippen LogP contribution in [-0.4, -0.2) is 39.2 Å². The van der Waals surface area contributed by atoms with Gasteiger partial charge in [-0.1, -0.05) is 17.7 Å². The summed E-state index contributed by atoms with van der Waals surface area (Å²) in [5, 5.41) is 0. The topological polar surface area (TPSA) is 55.8 Å². The zero-order valence-electron chi connectivity index (χ0n) is 11.3. The van der Waals surface area contributed by atoms with Crippen molar-refractivity contribution in [2.45, 2.75) is 6.92 Å². The lowest BCUT2D eigenvalue weighted by Crippen LogP contribution is -2.59. The summed E-state index contributed by atoms with van der Waals surface area (Å²) in [4.78, 5) is 25.7. The Labute approximate surface area is 112 Å². The molecule has 1 aliphatic heterocycles. The van der Waals surface area contributed by atoms with Gasteiger partial charge in [0.1, 0.15) is 0 Å². The molecule has 0 aliphatic carbocycles. The van der Waals surface area contributed by atoms with Crippen LogP contribution in [0.15, 0.2) is 24.3 Å². The van der Waals surface area contributed by atoms with Crippen LogP contribution < -0.4 is 4.90 Å². The number of anilines is 1. The normalized spacial score (nSPS) is 16.4. The van der Waals surface area contributed by atoms with E-state index in [9.17, 15) is 9.59 Å². The van der Waals surface area contributed by atoms with E-state index in [0.29, 0.717) is 0 Å². The number of esters is 1. The molecule has 1 aliphatic rings. The van der Waals surface area contributed by atoms with Crippen LogP contribution in [0.5, 0.6) is 0 Å². The summed E-state index contributed by atoms with van der Waals surface area (Å²) in [6.45, 7) is 2.13. The summed E-state index contributed by atoms with van der Waals surface area (Å²) in [7, 11) is 2.93. The second kappa shape index (κ2) is 5.01. The first-order valence-electron chi connectivity index (χ1n) is 6.02. The van der Waals surface area contributed by atoms with Gasteiger partial charge in [0.25, 0.3) is 0 Å². The van der Waals surface area contributed by atoms with Crippen LogP contribution in [0.2, 0.25) is 0 Å². The summed E-state index contributed by atoms with van der Waals surface area (Å²) in [6, 6.07) is 7.53. The average molecular weight is 263 g/mol. The summed E-state index contributed by atoms with van der Waals surface area (Å²) in [5.74, 6) is -0.836. The smallest absolute Gasteiger partial charge is 0.326 e. The lowest BCUT2D eigenvalue weighted by Gasteiger charge is -2.39. The molecule has 1 aromatic carbocycles. The van der Waals surface area contributed by atoms with Crippen LogP contribution >= 0.6 is 0 Å². The molecule has 102 valence electrons. The molecule has 5 heteroatoms. The molecule has 5 nitrogen and oxygen atoms in total. The molecule has 1 heterocycles. The van der Waals surface area contributed by atoms with Gasteiger partial charge in [-0.3, -0.25) is 9.59 Å². The lowest BCUT2D eigenvalue weighted by molar-refractivity contribution is -0.186. The standard InChI is InChI=1S/C14H17NO4/c1-10-4-6-11(7-5-10)15(2)12(16)14(8-19-9-14)13(17)18-3/h4-7H,8-9H2,1-3H3. The number of ether oxygens (including phenoxy) is 2. The minimum atomic E-state index is -1.19. The highest BCUT2D eigenvalue weighted by Crippen LogP contribution is 2.32. The van der Waals surface area contributed by atoms with Crippen LogP contribution in [0.4, 0.5) is 5.69 Å². The van der Waals surface area contributed by atoms with E-state index in [2.05, 4.69) is 0 Å². The predicted octanol–water partition coefficient (Wildman–Crippen LogP) is 1.15. The number of benzene rings is 1. The van der Waals surface area contributed by atoms with Crippen molar-refractivity contribution in [2.24, 2.45) is 5.41 Å². The first-order chi connectivity index (χ1) is 9.01. The first kappa shape index (κ1) is 13.5. The number of nitrogens with zero attached hydrogens (tertiary/aromatic N) is 1. The van der Waals surface area contributed by atoms with E-state index in [1.807, 2.05) is 31.2 Å². The third-order valence-corrected chi connectivity index (χ3v) is 3.41. The Morgan fingerprint density at radius 2 is 1.84 bits per heavy atom. The van der Waals surface area contributed by atoms with Crippen LogP contribution in [0.3, 0.4) is 0 Å². The fourth-order valence-electron chi connectivity index (χ4n) is 2.04. The van der Waals surface area contributed by atoms with E-state index in [-0.39, 0.29) is 19.1 Å². The largest absolute Gasteiger partial charge is 0.468 e. The summed E-state index contributed by atoms with van der Waals surface area (Å²) in [6.07, 6.45) is 0. The molecular formula is C14H17NO4. The Kier molecular flexibility index (Phi) is 3.57. The van der Waals surface area contributed by atoms with E-state index < -0.39 is 11.4 Å². The number of hydrogen-bond donors (Lipinski definition) is 0. The summed E-state index contributed by atoms with van der Waals surface area (Å²) >= 11 is 0. The van der Waals surface area contributed by atoms with Crippen LogP contribution in [0.1, 0.15) is 5.56 Å². The Hall–Kier alpha value is -1.88. The Bertz CT molecular complexity index is 491. The maximum absolute atomic E-state index is 12.5. The molecule has 0 radical (unpaired) electrons. The maximum atomic E-state index is 12.5. The average Bonchev–Trinajstić information content (AvgIpc) is 2.37. The Balaban J connectivity index is 2.23. The number of aryl methyl sites for hydroxylation is 1. The SMILES string of the molecule is COC(=O)C1(C(=O)N(C)c2ccc(C)cc2)COC1. The fourth-order valence-corrected chi connectivity index (χ4v) is 2.04. The minimum absolute atomic E-state index is 0.0781.